The molecule has 1 fully saturated rings. The summed E-state index contributed by atoms with van der Waals surface area (Å²) in [6, 6.07) is 0. The number of carboxylic acids is 1. The minimum atomic E-state index is -1.08. The van der Waals surface area contributed by atoms with Gasteiger partial charge >= 0.3 is 0 Å². The van der Waals surface area contributed by atoms with Gasteiger partial charge in [0.05, 0.1) is 19.6 Å². The van der Waals surface area contributed by atoms with Crippen molar-refractivity contribution < 1.29 is 14.8 Å². The molecule has 0 bridgehead atoms. The first kappa shape index (κ1) is 23.4. The lowest BCUT2D eigenvalue weighted by atomic mass is 9.91. The Morgan fingerprint density at radius 2 is 1.33 bits per heavy atom. The molecule has 0 aromatic carbocycles. The summed E-state index contributed by atoms with van der Waals surface area (Å²) in [5.74, 6) is -0.0164. The molecule has 1 saturated heterocycles. The monoisotopic (exact) mass is 341 g/mol. The Kier molecular flexibility index (Phi) is 16.8. The Hall–Kier alpha value is -0.570. The third kappa shape index (κ3) is 16.3. The van der Waals surface area contributed by atoms with E-state index in [2.05, 4.69) is 13.8 Å². The number of carbonyl (C=O) groups is 1. The number of likely N-dealkylation sites (tertiary alicyclic amines) is 1. The zero-order valence-electron chi connectivity index (χ0n) is 16.7. The number of unbranched alkanes of at least 4 members (excludes halogenated alkanes) is 8. The van der Waals surface area contributed by atoms with Crippen LogP contribution in [0.25, 0.3) is 0 Å². The maximum atomic E-state index is 8.89. The van der Waals surface area contributed by atoms with Crippen LogP contribution in [-0.4, -0.2) is 25.6 Å². The molecule has 0 saturated carbocycles. The first-order chi connectivity index (χ1) is 11.6. The summed E-state index contributed by atoms with van der Waals surface area (Å²) in [5.41, 5.74) is 0. The van der Waals surface area contributed by atoms with Crippen LogP contribution in [0.5, 0.6) is 0 Å². The van der Waals surface area contributed by atoms with E-state index in [0.29, 0.717) is 0 Å². The molecule has 1 aliphatic heterocycles. The maximum absolute atomic E-state index is 8.89. The number of piperidine rings is 1. The number of quaternary nitrogens is 1. The molecule has 1 rings (SSSR count). The number of nitrogens with one attached hydrogen (secondary N) is 1. The number of rotatable bonds is 12. The van der Waals surface area contributed by atoms with Crippen LogP contribution < -0.4 is 10.0 Å². The highest BCUT2D eigenvalue weighted by Gasteiger charge is 2.20. The Morgan fingerprint density at radius 3 is 1.83 bits per heavy atom. The lowest BCUT2D eigenvalue weighted by Gasteiger charge is -2.29. The van der Waals surface area contributed by atoms with E-state index in [9.17, 15) is 0 Å². The van der Waals surface area contributed by atoms with Crippen molar-refractivity contribution >= 4 is 5.97 Å². The normalized spacial score (nSPS) is 20.3. The maximum Gasteiger partial charge on any atom is 0.0773 e. The van der Waals surface area contributed by atoms with Crippen molar-refractivity contribution in [2.45, 2.75) is 104 Å². The van der Waals surface area contributed by atoms with Gasteiger partial charge in [-0.25, -0.2) is 0 Å². The number of hydrogen-bond acceptors (Lipinski definition) is 2. The summed E-state index contributed by atoms with van der Waals surface area (Å²) in [7, 11) is 0. The fraction of sp³-hybridized carbons (Fsp3) is 0.952. The van der Waals surface area contributed by atoms with E-state index < -0.39 is 5.97 Å². The number of carbonyl (C=O) groups excluding carboxylic acids is 1. The standard InChI is InChI=1S/C19H39N.C2H4O2/c1-3-5-7-8-9-10-11-12-16-20-17-14-19(15-18-20)13-6-4-2;1-2(3)4/h19H,3-18H2,1-2H3;1H3,(H,3,4). The summed E-state index contributed by atoms with van der Waals surface area (Å²) in [6.07, 6.45) is 19.0. The molecule has 144 valence electrons. The van der Waals surface area contributed by atoms with Crippen LogP contribution in [-0.2, 0) is 4.79 Å². The molecule has 3 heteroatoms. The van der Waals surface area contributed by atoms with Crippen LogP contribution in [0.2, 0.25) is 0 Å². The van der Waals surface area contributed by atoms with Crippen molar-refractivity contribution in [3.05, 3.63) is 0 Å². The first-order valence-electron chi connectivity index (χ1n) is 10.6. The van der Waals surface area contributed by atoms with E-state index in [0.717, 1.165) is 12.8 Å². The molecule has 1 heterocycles. The largest absolute Gasteiger partial charge is 0.550 e. The van der Waals surface area contributed by atoms with Crippen LogP contribution in [0.4, 0.5) is 0 Å². The van der Waals surface area contributed by atoms with Gasteiger partial charge in [0.25, 0.3) is 0 Å². The summed E-state index contributed by atoms with van der Waals surface area (Å²) in [4.78, 5) is 10.8. The third-order valence-electron chi connectivity index (χ3n) is 5.16. The van der Waals surface area contributed by atoms with E-state index >= 15 is 0 Å². The Labute approximate surface area is 151 Å². The zero-order chi connectivity index (χ0) is 18.0. The Bertz CT molecular complexity index is 269. The van der Waals surface area contributed by atoms with Gasteiger partial charge in [0.1, 0.15) is 0 Å². The van der Waals surface area contributed by atoms with Crippen molar-refractivity contribution in [2.24, 2.45) is 5.92 Å². The van der Waals surface area contributed by atoms with Gasteiger partial charge in [0.2, 0.25) is 0 Å². The molecule has 0 spiro atoms. The highest BCUT2D eigenvalue weighted by molar-refractivity contribution is 5.60. The van der Waals surface area contributed by atoms with Crippen molar-refractivity contribution in [1.29, 1.82) is 0 Å². The average molecular weight is 342 g/mol. The van der Waals surface area contributed by atoms with Gasteiger partial charge in [0.15, 0.2) is 0 Å². The number of aliphatic carboxylic acids is 1. The van der Waals surface area contributed by atoms with Gasteiger partial charge in [0, 0.05) is 5.97 Å². The van der Waals surface area contributed by atoms with Gasteiger partial charge in [-0.15, -0.1) is 0 Å². The molecule has 1 aliphatic rings. The zero-order valence-corrected chi connectivity index (χ0v) is 16.7. The third-order valence-corrected chi connectivity index (χ3v) is 5.16. The van der Waals surface area contributed by atoms with Gasteiger partial charge < -0.3 is 14.8 Å². The van der Waals surface area contributed by atoms with Crippen molar-refractivity contribution in [3.63, 3.8) is 0 Å². The van der Waals surface area contributed by atoms with Gasteiger partial charge in [-0.05, 0) is 38.5 Å². The van der Waals surface area contributed by atoms with E-state index in [1.165, 1.54) is 103 Å². The smallest absolute Gasteiger partial charge is 0.0773 e. The molecule has 0 aromatic rings. The summed E-state index contributed by atoms with van der Waals surface area (Å²) in [5, 5.41) is 8.89. The van der Waals surface area contributed by atoms with E-state index in [1.807, 2.05) is 4.90 Å². The Morgan fingerprint density at radius 1 is 0.875 bits per heavy atom. The van der Waals surface area contributed by atoms with E-state index in [4.69, 9.17) is 9.90 Å². The van der Waals surface area contributed by atoms with Crippen molar-refractivity contribution in [3.8, 4) is 0 Å². The fourth-order valence-corrected chi connectivity index (χ4v) is 3.63. The molecular formula is C21H43NO2. The quantitative estimate of drug-likeness (QED) is 0.553. The number of hydrogen-bond donors (Lipinski definition) is 1. The van der Waals surface area contributed by atoms with Crippen LogP contribution in [0, 0.1) is 5.92 Å². The first-order valence-corrected chi connectivity index (χ1v) is 10.6. The SMILES string of the molecule is CC(=O)[O-].CCCCCCCCCC[NH+]1CCC(CCCC)CC1. The molecule has 1 N–H and O–H groups in total. The average Bonchev–Trinajstić information content (AvgIpc) is 2.56. The summed E-state index contributed by atoms with van der Waals surface area (Å²) < 4.78 is 0. The van der Waals surface area contributed by atoms with Crippen LogP contribution in [0.15, 0.2) is 0 Å². The van der Waals surface area contributed by atoms with Gasteiger partial charge in [-0.3, -0.25) is 0 Å². The summed E-state index contributed by atoms with van der Waals surface area (Å²) in [6.45, 7) is 9.97. The predicted molar refractivity (Wildman–Crippen MR) is 101 cm³/mol. The van der Waals surface area contributed by atoms with E-state index in [1.54, 1.807) is 0 Å². The molecule has 24 heavy (non-hydrogen) atoms. The van der Waals surface area contributed by atoms with E-state index in [-0.39, 0.29) is 0 Å². The second kappa shape index (κ2) is 17.3. The van der Waals surface area contributed by atoms with Gasteiger partial charge in [-0.2, -0.15) is 0 Å². The van der Waals surface area contributed by atoms with Crippen molar-refractivity contribution in [2.75, 3.05) is 19.6 Å². The Balaban J connectivity index is 0.00000118. The molecule has 0 unspecified atom stereocenters. The summed E-state index contributed by atoms with van der Waals surface area (Å²) >= 11 is 0. The second-order valence-electron chi connectivity index (χ2n) is 7.55. The molecule has 0 atom stereocenters. The van der Waals surface area contributed by atoms with Crippen LogP contribution in [0.1, 0.15) is 104 Å². The molecule has 0 aromatic heterocycles. The minimum absolute atomic E-state index is 0.972. The lowest BCUT2D eigenvalue weighted by Crippen LogP contribution is -3.13. The highest BCUT2D eigenvalue weighted by Crippen LogP contribution is 2.17. The molecule has 3 nitrogen and oxygen atoms in total. The van der Waals surface area contributed by atoms with Crippen LogP contribution >= 0.6 is 0 Å². The highest BCUT2D eigenvalue weighted by atomic mass is 16.4. The molecule has 0 aliphatic carbocycles. The number of carboxylic acid groups (broad SMARTS) is 1. The topological polar surface area (TPSA) is 44.6 Å². The lowest BCUT2D eigenvalue weighted by molar-refractivity contribution is -0.906. The fourth-order valence-electron chi connectivity index (χ4n) is 3.63. The minimum Gasteiger partial charge on any atom is -0.550 e. The van der Waals surface area contributed by atoms with Crippen LogP contribution in [0.3, 0.4) is 0 Å². The predicted octanol–water partition coefficient (Wildman–Crippen LogP) is 3.37. The van der Waals surface area contributed by atoms with Crippen molar-refractivity contribution in [1.82, 2.24) is 0 Å². The second-order valence-corrected chi connectivity index (χ2v) is 7.55. The molecule has 0 radical (unpaired) electrons. The molecule has 0 amide bonds. The van der Waals surface area contributed by atoms with Gasteiger partial charge in [-0.1, -0.05) is 71.6 Å². The molecular weight excluding hydrogens is 298 g/mol.